The van der Waals surface area contributed by atoms with Crippen molar-refractivity contribution in [1.82, 2.24) is 10.0 Å². The number of amides is 1. The van der Waals surface area contributed by atoms with Crippen LogP contribution in [-0.4, -0.2) is 33.4 Å². The lowest BCUT2D eigenvalue weighted by Gasteiger charge is -2.13. The Balaban J connectivity index is 1.77. The van der Waals surface area contributed by atoms with E-state index in [1.807, 2.05) is 30.3 Å². The van der Waals surface area contributed by atoms with E-state index in [9.17, 15) is 18.0 Å². The Morgan fingerprint density at radius 2 is 1.64 bits per heavy atom. The second-order valence-corrected chi connectivity index (χ2v) is 8.07. The fraction of sp³-hybridized carbons (Fsp3) is 0.300. The fourth-order valence-corrected chi connectivity index (χ4v) is 3.17. The van der Waals surface area contributed by atoms with Crippen molar-refractivity contribution in [2.45, 2.75) is 37.3 Å². The Morgan fingerprint density at radius 1 is 1.00 bits per heavy atom. The van der Waals surface area contributed by atoms with Crippen LogP contribution in [0.1, 0.15) is 24.5 Å². The van der Waals surface area contributed by atoms with Crippen molar-refractivity contribution in [3.05, 3.63) is 65.7 Å². The van der Waals surface area contributed by atoms with E-state index in [2.05, 4.69) is 10.0 Å². The number of carbonyl (C=O) groups excluding carboxylic acids is 2. The number of hydrogen-bond acceptors (Lipinski definition) is 5. The molecule has 1 amide bonds. The molecule has 0 aliphatic heterocycles. The van der Waals surface area contributed by atoms with Gasteiger partial charge in [-0.15, -0.1) is 0 Å². The molecule has 2 rings (SSSR count). The van der Waals surface area contributed by atoms with Crippen LogP contribution in [0.3, 0.4) is 0 Å². The minimum Gasteiger partial charge on any atom is -0.453 e. The average molecular weight is 404 g/mol. The lowest BCUT2D eigenvalue weighted by Crippen LogP contribution is -2.35. The zero-order valence-corrected chi connectivity index (χ0v) is 16.7. The summed E-state index contributed by atoms with van der Waals surface area (Å²) in [6, 6.07) is 15.7. The first-order valence-corrected chi connectivity index (χ1v) is 10.3. The van der Waals surface area contributed by atoms with Gasteiger partial charge in [-0.3, -0.25) is 9.59 Å². The van der Waals surface area contributed by atoms with Gasteiger partial charge in [-0.05, 0) is 43.7 Å². The lowest BCUT2D eigenvalue weighted by molar-refractivity contribution is -0.154. The van der Waals surface area contributed by atoms with Gasteiger partial charge in [-0.2, -0.15) is 0 Å². The molecule has 28 heavy (non-hydrogen) atoms. The van der Waals surface area contributed by atoms with Crippen LogP contribution in [0.25, 0.3) is 0 Å². The molecule has 0 fully saturated rings. The molecule has 0 saturated heterocycles. The van der Waals surface area contributed by atoms with Gasteiger partial charge in [-0.25, -0.2) is 13.1 Å². The molecule has 8 heteroatoms. The fourth-order valence-electron chi connectivity index (χ4n) is 2.44. The third-order valence-electron chi connectivity index (χ3n) is 4.11. The van der Waals surface area contributed by atoms with Gasteiger partial charge in [0, 0.05) is 13.0 Å². The first-order valence-electron chi connectivity index (χ1n) is 8.85. The molecule has 2 N–H and O–H groups in total. The summed E-state index contributed by atoms with van der Waals surface area (Å²) >= 11 is 0. The van der Waals surface area contributed by atoms with E-state index < -0.39 is 22.1 Å². The smallest absolute Gasteiger partial charge is 0.306 e. The van der Waals surface area contributed by atoms with Crippen molar-refractivity contribution in [2.24, 2.45) is 0 Å². The Kier molecular flexibility index (Phi) is 7.71. The van der Waals surface area contributed by atoms with Gasteiger partial charge in [0.15, 0.2) is 6.10 Å². The predicted molar refractivity (Wildman–Crippen MR) is 105 cm³/mol. The number of benzene rings is 2. The van der Waals surface area contributed by atoms with Crippen LogP contribution in [-0.2, 0) is 37.3 Å². The Labute approximate surface area is 165 Å². The monoisotopic (exact) mass is 404 g/mol. The largest absolute Gasteiger partial charge is 0.453 e. The Bertz CT molecular complexity index is 896. The summed E-state index contributed by atoms with van der Waals surface area (Å²) in [4.78, 5) is 24.2. The number of esters is 1. The molecule has 0 aliphatic carbocycles. The second kappa shape index (κ2) is 10.0. The third kappa shape index (κ3) is 6.47. The Hall–Kier alpha value is -2.71. The molecule has 150 valence electrons. The van der Waals surface area contributed by atoms with Crippen LogP contribution in [0.15, 0.2) is 59.5 Å². The van der Waals surface area contributed by atoms with E-state index in [0.717, 1.165) is 11.1 Å². The maximum absolute atomic E-state index is 12.0. The summed E-state index contributed by atoms with van der Waals surface area (Å²) < 4.78 is 30.8. The highest BCUT2D eigenvalue weighted by molar-refractivity contribution is 7.89. The van der Waals surface area contributed by atoms with E-state index in [0.29, 0.717) is 13.0 Å². The van der Waals surface area contributed by atoms with Crippen LogP contribution in [0.4, 0.5) is 0 Å². The molecular formula is C20H24N2O5S. The molecule has 2 aromatic rings. The third-order valence-corrected chi connectivity index (χ3v) is 5.54. The molecule has 0 aromatic heterocycles. The molecule has 0 heterocycles. The highest BCUT2D eigenvalue weighted by Gasteiger charge is 2.17. The number of sulfonamides is 1. The zero-order chi connectivity index (χ0) is 20.6. The second-order valence-electron chi connectivity index (χ2n) is 6.19. The molecule has 7 nitrogen and oxygen atoms in total. The maximum Gasteiger partial charge on any atom is 0.306 e. The van der Waals surface area contributed by atoms with Crippen molar-refractivity contribution in [3.8, 4) is 0 Å². The first-order chi connectivity index (χ1) is 13.3. The van der Waals surface area contributed by atoms with Gasteiger partial charge in [0.1, 0.15) is 0 Å². The van der Waals surface area contributed by atoms with Crippen molar-refractivity contribution in [2.75, 3.05) is 7.05 Å². The lowest BCUT2D eigenvalue weighted by atomic mass is 10.1. The van der Waals surface area contributed by atoms with Crippen LogP contribution < -0.4 is 10.0 Å². The summed E-state index contributed by atoms with van der Waals surface area (Å²) in [5.41, 5.74) is 1.76. The molecule has 0 radical (unpaired) electrons. The van der Waals surface area contributed by atoms with Crippen molar-refractivity contribution in [3.63, 3.8) is 0 Å². The molecular weight excluding hydrogens is 380 g/mol. The van der Waals surface area contributed by atoms with E-state index in [1.54, 1.807) is 12.1 Å². The molecule has 2 aromatic carbocycles. The number of nitrogens with one attached hydrogen (secondary N) is 2. The van der Waals surface area contributed by atoms with Gasteiger partial charge in [0.25, 0.3) is 5.91 Å². The van der Waals surface area contributed by atoms with E-state index in [4.69, 9.17) is 4.74 Å². The van der Waals surface area contributed by atoms with Crippen molar-refractivity contribution < 1.29 is 22.7 Å². The minimum absolute atomic E-state index is 0.0917. The number of ether oxygens (including phenoxy) is 1. The highest BCUT2D eigenvalue weighted by Crippen LogP contribution is 2.12. The van der Waals surface area contributed by atoms with Crippen LogP contribution in [0, 0.1) is 0 Å². The van der Waals surface area contributed by atoms with Gasteiger partial charge >= 0.3 is 5.97 Å². The van der Waals surface area contributed by atoms with E-state index >= 15 is 0 Å². The van der Waals surface area contributed by atoms with Gasteiger partial charge < -0.3 is 10.1 Å². The van der Waals surface area contributed by atoms with E-state index in [-0.39, 0.29) is 17.2 Å². The summed E-state index contributed by atoms with van der Waals surface area (Å²) in [6.45, 7) is 1.89. The van der Waals surface area contributed by atoms with Crippen LogP contribution >= 0.6 is 0 Å². The van der Waals surface area contributed by atoms with Crippen LogP contribution in [0.5, 0.6) is 0 Å². The molecule has 1 atom stereocenters. The number of hydrogen-bond donors (Lipinski definition) is 2. The number of aryl methyl sites for hydroxylation is 1. The predicted octanol–water partition coefficient (Wildman–Crippen LogP) is 1.78. The molecule has 0 spiro atoms. The number of carbonyl (C=O) groups is 2. The summed E-state index contributed by atoms with van der Waals surface area (Å²) in [5.74, 6) is -0.854. The normalized spacial score (nSPS) is 12.2. The van der Waals surface area contributed by atoms with E-state index in [1.165, 1.54) is 26.1 Å². The summed E-state index contributed by atoms with van der Waals surface area (Å²) in [7, 11) is -2.14. The summed E-state index contributed by atoms with van der Waals surface area (Å²) in [6.07, 6.45) is -0.412. The quantitative estimate of drug-likeness (QED) is 0.621. The van der Waals surface area contributed by atoms with Crippen molar-refractivity contribution in [1.29, 1.82) is 0 Å². The maximum atomic E-state index is 12.0. The minimum atomic E-state index is -3.48. The first kappa shape index (κ1) is 21.6. The number of rotatable bonds is 9. The highest BCUT2D eigenvalue weighted by atomic mass is 32.2. The zero-order valence-electron chi connectivity index (χ0n) is 15.8. The molecule has 0 aliphatic rings. The molecule has 1 unspecified atom stereocenters. The van der Waals surface area contributed by atoms with Gasteiger partial charge in [-0.1, -0.05) is 42.5 Å². The van der Waals surface area contributed by atoms with Crippen LogP contribution in [0.2, 0.25) is 0 Å². The standard InChI is InChI=1S/C20H24N2O5S/c1-15(20(24)22-14-17-6-4-3-5-7-17)27-19(23)13-10-16-8-11-18(12-9-16)28(25,26)21-2/h3-9,11-12,15,21H,10,13-14H2,1-2H3,(H,22,24). The Morgan fingerprint density at radius 3 is 2.25 bits per heavy atom. The molecule has 0 bridgehead atoms. The average Bonchev–Trinajstić information content (AvgIpc) is 2.71. The SMILES string of the molecule is CNS(=O)(=O)c1ccc(CCC(=O)OC(C)C(=O)NCc2ccccc2)cc1. The summed E-state index contributed by atoms with van der Waals surface area (Å²) in [5, 5.41) is 2.72. The van der Waals surface area contributed by atoms with Gasteiger partial charge in [0.2, 0.25) is 10.0 Å². The molecule has 0 saturated carbocycles. The van der Waals surface area contributed by atoms with Crippen molar-refractivity contribution >= 4 is 21.9 Å². The topological polar surface area (TPSA) is 102 Å². The van der Waals surface area contributed by atoms with Gasteiger partial charge in [0.05, 0.1) is 4.90 Å².